The number of esters is 1. The Balaban J connectivity index is 1.93. The normalized spacial score (nSPS) is 10.2. The van der Waals surface area contributed by atoms with Crippen LogP contribution >= 0.6 is 11.3 Å². The van der Waals surface area contributed by atoms with Crippen LogP contribution in [0, 0.1) is 6.92 Å². The molecule has 1 heterocycles. The minimum atomic E-state index is -0.512. The highest BCUT2D eigenvalue weighted by Crippen LogP contribution is 2.34. The van der Waals surface area contributed by atoms with Gasteiger partial charge in [0.05, 0.1) is 21.3 Å². The fourth-order valence-electron chi connectivity index (χ4n) is 2.22. The quantitative estimate of drug-likeness (QED) is 0.710. The molecular weight excluding hydrogens is 358 g/mol. The van der Waals surface area contributed by atoms with E-state index in [4.69, 9.17) is 18.9 Å². The summed E-state index contributed by atoms with van der Waals surface area (Å²) in [5, 5.41) is 2.69. The smallest absolute Gasteiger partial charge is 0.348 e. The van der Waals surface area contributed by atoms with Crippen LogP contribution in [0.25, 0.3) is 0 Å². The molecule has 0 aliphatic rings. The highest BCUT2D eigenvalue weighted by atomic mass is 32.1. The van der Waals surface area contributed by atoms with Crippen LogP contribution in [0.3, 0.4) is 0 Å². The van der Waals surface area contributed by atoms with Crippen molar-refractivity contribution in [3.8, 4) is 17.2 Å². The van der Waals surface area contributed by atoms with E-state index in [9.17, 15) is 9.59 Å². The second-order valence-corrected chi connectivity index (χ2v) is 6.57. The number of hydrogen-bond acceptors (Lipinski definition) is 7. The summed E-state index contributed by atoms with van der Waals surface area (Å²) in [6.07, 6.45) is 0. The number of hydrogen-bond donors (Lipinski definition) is 1. The first kappa shape index (κ1) is 19.6. The third kappa shape index (κ3) is 4.89. The number of aryl methyl sites for hydroxylation is 1. The second kappa shape index (κ2) is 9.10. The number of rotatable bonds is 8. The number of carbonyl (C=O) groups excluding carboxylic acids is 2. The Morgan fingerprint density at radius 3 is 2.23 bits per heavy atom. The van der Waals surface area contributed by atoms with Gasteiger partial charge >= 0.3 is 5.97 Å². The standard InChI is InChI=1S/C18H21NO6S/c1-11-5-6-16(26-11)18(21)25-10-17(20)19-9-12-7-14(23-3)15(24-4)8-13(12)22-2/h5-8H,9-10H2,1-4H3,(H,19,20). The Morgan fingerprint density at radius 2 is 1.65 bits per heavy atom. The number of methoxy groups -OCH3 is 3. The van der Waals surface area contributed by atoms with Gasteiger partial charge in [0.2, 0.25) is 0 Å². The maximum atomic E-state index is 12.0. The molecule has 2 rings (SSSR count). The Labute approximate surface area is 155 Å². The van der Waals surface area contributed by atoms with Crippen molar-refractivity contribution in [2.24, 2.45) is 0 Å². The van der Waals surface area contributed by atoms with Gasteiger partial charge in [-0.25, -0.2) is 4.79 Å². The van der Waals surface area contributed by atoms with Gasteiger partial charge in [0.1, 0.15) is 10.6 Å². The number of carbonyl (C=O) groups is 2. The molecule has 1 N–H and O–H groups in total. The molecule has 0 aliphatic heterocycles. The van der Waals surface area contributed by atoms with Crippen LogP contribution in [-0.2, 0) is 16.1 Å². The number of nitrogens with one attached hydrogen (secondary N) is 1. The van der Waals surface area contributed by atoms with Crippen LogP contribution in [0.4, 0.5) is 0 Å². The van der Waals surface area contributed by atoms with E-state index in [1.165, 1.54) is 32.7 Å². The fourth-order valence-corrected chi connectivity index (χ4v) is 2.98. The van der Waals surface area contributed by atoms with Gasteiger partial charge in [-0.1, -0.05) is 0 Å². The van der Waals surface area contributed by atoms with E-state index in [0.717, 1.165) is 4.88 Å². The third-order valence-electron chi connectivity index (χ3n) is 3.54. The van der Waals surface area contributed by atoms with Gasteiger partial charge in [0.25, 0.3) is 5.91 Å². The first-order chi connectivity index (χ1) is 12.5. The lowest BCUT2D eigenvalue weighted by Crippen LogP contribution is -2.28. The Hall–Kier alpha value is -2.74. The maximum Gasteiger partial charge on any atom is 0.348 e. The van der Waals surface area contributed by atoms with Gasteiger partial charge in [0, 0.05) is 23.1 Å². The molecule has 2 aromatic rings. The van der Waals surface area contributed by atoms with Crippen molar-refractivity contribution < 1.29 is 28.5 Å². The summed E-state index contributed by atoms with van der Waals surface area (Å²) in [5.74, 6) is 0.677. The molecule has 0 saturated heterocycles. The Bertz CT molecular complexity index is 786. The minimum absolute atomic E-state index is 0.192. The van der Waals surface area contributed by atoms with Crippen molar-refractivity contribution in [3.63, 3.8) is 0 Å². The topological polar surface area (TPSA) is 83.1 Å². The Kier molecular flexibility index (Phi) is 6.85. The van der Waals surface area contributed by atoms with Crippen LogP contribution in [-0.4, -0.2) is 39.8 Å². The molecular formula is C18H21NO6S. The average Bonchev–Trinajstić information content (AvgIpc) is 3.09. The second-order valence-electron chi connectivity index (χ2n) is 5.28. The molecule has 0 unspecified atom stereocenters. The molecule has 1 aromatic heterocycles. The lowest BCUT2D eigenvalue weighted by atomic mass is 10.1. The molecule has 0 aliphatic carbocycles. The number of benzene rings is 1. The zero-order valence-electron chi connectivity index (χ0n) is 15.1. The van der Waals surface area contributed by atoms with Gasteiger partial charge in [-0.15, -0.1) is 11.3 Å². The van der Waals surface area contributed by atoms with Gasteiger partial charge in [-0.05, 0) is 25.1 Å². The molecule has 140 valence electrons. The van der Waals surface area contributed by atoms with E-state index in [2.05, 4.69) is 5.32 Å². The predicted octanol–water partition coefficient (Wildman–Crippen LogP) is 2.56. The monoisotopic (exact) mass is 379 g/mol. The molecule has 26 heavy (non-hydrogen) atoms. The molecule has 1 aromatic carbocycles. The van der Waals surface area contributed by atoms with E-state index >= 15 is 0 Å². The molecule has 7 nitrogen and oxygen atoms in total. The average molecular weight is 379 g/mol. The Morgan fingerprint density at radius 1 is 1.00 bits per heavy atom. The van der Waals surface area contributed by atoms with Crippen LogP contribution in [0.1, 0.15) is 20.1 Å². The predicted molar refractivity (Wildman–Crippen MR) is 97.3 cm³/mol. The van der Waals surface area contributed by atoms with E-state index in [1.54, 1.807) is 18.2 Å². The number of ether oxygens (including phenoxy) is 4. The summed E-state index contributed by atoms with van der Waals surface area (Å²) in [4.78, 5) is 25.3. The molecule has 1 amide bonds. The highest BCUT2D eigenvalue weighted by Gasteiger charge is 2.14. The lowest BCUT2D eigenvalue weighted by molar-refractivity contribution is -0.124. The molecule has 0 saturated carbocycles. The van der Waals surface area contributed by atoms with Gasteiger partial charge in [-0.3, -0.25) is 4.79 Å². The number of amides is 1. The molecule has 0 atom stereocenters. The van der Waals surface area contributed by atoms with E-state index in [-0.39, 0.29) is 13.2 Å². The molecule has 0 spiro atoms. The van der Waals surface area contributed by atoms with Gasteiger partial charge in [-0.2, -0.15) is 0 Å². The van der Waals surface area contributed by atoms with Crippen molar-refractivity contribution in [2.75, 3.05) is 27.9 Å². The van der Waals surface area contributed by atoms with Gasteiger partial charge in [0.15, 0.2) is 18.1 Å². The summed E-state index contributed by atoms with van der Waals surface area (Å²) in [6.45, 7) is 1.73. The number of thiophene rings is 1. The van der Waals surface area contributed by atoms with Crippen molar-refractivity contribution in [2.45, 2.75) is 13.5 Å². The summed E-state index contributed by atoms with van der Waals surface area (Å²) in [5.41, 5.74) is 0.707. The summed E-state index contributed by atoms with van der Waals surface area (Å²) < 4.78 is 20.8. The van der Waals surface area contributed by atoms with E-state index in [1.807, 2.05) is 13.0 Å². The van der Waals surface area contributed by atoms with Gasteiger partial charge < -0.3 is 24.3 Å². The molecule has 0 bridgehead atoms. The fraction of sp³-hybridized carbons (Fsp3) is 0.333. The van der Waals surface area contributed by atoms with Crippen LogP contribution in [0.15, 0.2) is 24.3 Å². The summed E-state index contributed by atoms with van der Waals surface area (Å²) >= 11 is 1.32. The first-order valence-electron chi connectivity index (χ1n) is 7.77. The minimum Gasteiger partial charge on any atom is -0.496 e. The van der Waals surface area contributed by atoms with Crippen molar-refractivity contribution in [3.05, 3.63) is 39.6 Å². The van der Waals surface area contributed by atoms with Crippen molar-refractivity contribution >= 4 is 23.2 Å². The van der Waals surface area contributed by atoms with Crippen LogP contribution in [0.5, 0.6) is 17.2 Å². The van der Waals surface area contributed by atoms with Crippen molar-refractivity contribution in [1.82, 2.24) is 5.32 Å². The summed E-state index contributed by atoms with van der Waals surface area (Å²) in [6, 6.07) is 6.90. The molecule has 0 radical (unpaired) electrons. The maximum absolute atomic E-state index is 12.0. The van der Waals surface area contributed by atoms with Crippen LogP contribution in [0.2, 0.25) is 0 Å². The highest BCUT2D eigenvalue weighted by molar-refractivity contribution is 7.13. The van der Waals surface area contributed by atoms with Crippen LogP contribution < -0.4 is 19.5 Å². The van der Waals surface area contributed by atoms with Crippen molar-refractivity contribution in [1.29, 1.82) is 0 Å². The SMILES string of the molecule is COc1cc(OC)c(OC)cc1CNC(=O)COC(=O)c1ccc(C)s1. The third-order valence-corrected chi connectivity index (χ3v) is 4.52. The molecule has 0 fully saturated rings. The molecule has 8 heteroatoms. The van der Waals surface area contributed by atoms with E-state index in [0.29, 0.717) is 27.7 Å². The lowest BCUT2D eigenvalue weighted by Gasteiger charge is -2.14. The van der Waals surface area contributed by atoms with E-state index < -0.39 is 11.9 Å². The zero-order valence-corrected chi connectivity index (χ0v) is 15.9. The first-order valence-corrected chi connectivity index (χ1v) is 8.59. The largest absolute Gasteiger partial charge is 0.496 e. The summed E-state index contributed by atoms with van der Waals surface area (Å²) in [7, 11) is 4.58. The zero-order chi connectivity index (χ0) is 19.1.